The van der Waals surface area contributed by atoms with Crippen molar-refractivity contribution in [2.24, 2.45) is 0 Å². The Kier molecular flexibility index (Phi) is 4.62. The number of hydrogen-bond acceptors (Lipinski definition) is 3. The minimum absolute atomic E-state index is 0.156. The number of fused-ring (bicyclic) bond motifs is 1. The van der Waals surface area contributed by atoms with E-state index >= 15 is 0 Å². The van der Waals surface area contributed by atoms with E-state index in [-0.39, 0.29) is 17.9 Å². The van der Waals surface area contributed by atoms with E-state index in [0.717, 1.165) is 5.56 Å². The van der Waals surface area contributed by atoms with Gasteiger partial charge in [0.1, 0.15) is 5.82 Å². The molecule has 0 aliphatic rings. The van der Waals surface area contributed by atoms with Gasteiger partial charge in [0, 0.05) is 23.6 Å². The van der Waals surface area contributed by atoms with Crippen LogP contribution in [0.15, 0.2) is 47.3 Å². The van der Waals surface area contributed by atoms with Crippen molar-refractivity contribution >= 4 is 34.1 Å². The molecular formula is C18H16ClN3O2. The number of carbonyl (C=O) groups excluding carboxylic acids is 1. The number of para-hydroxylation sites is 1. The highest BCUT2D eigenvalue weighted by molar-refractivity contribution is 6.31. The normalized spacial score (nSPS) is 10.8. The van der Waals surface area contributed by atoms with Crippen LogP contribution >= 0.6 is 11.6 Å². The molecule has 122 valence electrons. The van der Waals surface area contributed by atoms with Gasteiger partial charge in [-0.05, 0) is 36.8 Å². The van der Waals surface area contributed by atoms with Gasteiger partial charge in [-0.3, -0.25) is 9.59 Å². The average molecular weight is 342 g/mol. The number of benzene rings is 2. The van der Waals surface area contributed by atoms with E-state index < -0.39 is 0 Å². The monoisotopic (exact) mass is 341 g/mol. The Morgan fingerprint density at radius 2 is 2.04 bits per heavy atom. The lowest BCUT2D eigenvalue weighted by Gasteiger charge is -2.09. The molecule has 0 unspecified atom stereocenters. The number of carbonyl (C=O) groups is 1. The van der Waals surface area contributed by atoms with Gasteiger partial charge >= 0.3 is 0 Å². The van der Waals surface area contributed by atoms with Crippen molar-refractivity contribution in [2.75, 3.05) is 5.32 Å². The summed E-state index contributed by atoms with van der Waals surface area (Å²) >= 11 is 5.95. The highest BCUT2D eigenvalue weighted by Crippen LogP contribution is 2.20. The van der Waals surface area contributed by atoms with Crippen LogP contribution in [0.4, 0.5) is 5.69 Å². The van der Waals surface area contributed by atoms with E-state index in [1.807, 2.05) is 19.1 Å². The zero-order valence-corrected chi connectivity index (χ0v) is 13.9. The molecule has 0 atom stereocenters. The molecule has 0 saturated carbocycles. The topological polar surface area (TPSA) is 74.8 Å². The third kappa shape index (κ3) is 3.63. The van der Waals surface area contributed by atoms with Crippen LogP contribution in [0.25, 0.3) is 10.9 Å². The second kappa shape index (κ2) is 6.84. The number of nitrogens with one attached hydrogen (secondary N) is 2. The van der Waals surface area contributed by atoms with Crippen molar-refractivity contribution < 1.29 is 4.79 Å². The number of anilines is 1. The Hall–Kier alpha value is -2.66. The summed E-state index contributed by atoms with van der Waals surface area (Å²) in [5, 5.41) is 3.94. The molecule has 0 radical (unpaired) electrons. The number of aromatic amines is 1. The molecule has 2 aromatic carbocycles. The molecule has 3 rings (SSSR count). The molecule has 6 heteroatoms. The lowest BCUT2D eigenvalue weighted by atomic mass is 10.2. The molecule has 0 saturated heterocycles. The fourth-order valence-electron chi connectivity index (χ4n) is 2.43. The molecule has 1 amide bonds. The molecule has 1 aromatic heterocycles. The van der Waals surface area contributed by atoms with Gasteiger partial charge in [-0.1, -0.05) is 29.8 Å². The van der Waals surface area contributed by atoms with E-state index in [0.29, 0.717) is 33.9 Å². The minimum Gasteiger partial charge on any atom is -0.326 e. The van der Waals surface area contributed by atoms with Gasteiger partial charge in [0.25, 0.3) is 5.56 Å². The van der Waals surface area contributed by atoms with E-state index in [1.165, 1.54) is 0 Å². The summed E-state index contributed by atoms with van der Waals surface area (Å²) in [6.07, 6.45) is 0.568. The average Bonchev–Trinajstić information content (AvgIpc) is 2.56. The molecule has 0 bridgehead atoms. The first-order chi connectivity index (χ1) is 11.5. The number of aromatic nitrogens is 2. The molecular weight excluding hydrogens is 326 g/mol. The van der Waals surface area contributed by atoms with Crippen LogP contribution in [-0.4, -0.2) is 15.9 Å². The van der Waals surface area contributed by atoms with Crippen LogP contribution in [0.2, 0.25) is 5.02 Å². The summed E-state index contributed by atoms with van der Waals surface area (Å²) in [4.78, 5) is 31.2. The largest absolute Gasteiger partial charge is 0.326 e. The van der Waals surface area contributed by atoms with Gasteiger partial charge in [0.15, 0.2) is 0 Å². The molecule has 5 nitrogen and oxygen atoms in total. The summed E-state index contributed by atoms with van der Waals surface area (Å²) < 4.78 is 0. The lowest BCUT2D eigenvalue weighted by molar-refractivity contribution is -0.116. The van der Waals surface area contributed by atoms with Crippen LogP contribution in [0, 0.1) is 6.92 Å². The highest BCUT2D eigenvalue weighted by atomic mass is 35.5. The summed E-state index contributed by atoms with van der Waals surface area (Å²) in [6.45, 7) is 1.90. The molecule has 0 aliphatic carbocycles. The molecule has 0 spiro atoms. The number of rotatable bonds is 4. The number of halogens is 1. The predicted molar refractivity (Wildman–Crippen MR) is 95.5 cm³/mol. The lowest BCUT2D eigenvalue weighted by Crippen LogP contribution is -2.16. The molecule has 2 N–H and O–H groups in total. The van der Waals surface area contributed by atoms with Gasteiger partial charge < -0.3 is 10.3 Å². The molecule has 0 aliphatic heterocycles. The maximum atomic E-state index is 12.1. The van der Waals surface area contributed by atoms with Crippen LogP contribution < -0.4 is 10.9 Å². The number of aryl methyl sites for hydroxylation is 2. The predicted octanol–water partition coefficient (Wildman–Crippen LogP) is 3.46. The Labute approximate surface area is 143 Å². The van der Waals surface area contributed by atoms with E-state index in [9.17, 15) is 9.59 Å². The van der Waals surface area contributed by atoms with Gasteiger partial charge in [0.05, 0.1) is 10.9 Å². The molecule has 3 aromatic rings. The van der Waals surface area contributed by atoms with Gasteiger partial charge in [-0.2, -0.15) is 0 Å². The second-order valence-electron chi connectivity index (χ2n) is 5.54. The van der Waals surface area contributed by atoms with E-state index in [4.69, 9.17) is 11.6 Å². The van der Waals surface area contributed by atoms with Gasteiger partial charge in [-0.25, -0.2) is 4.98 Å². The van der Waals surface area contributed by atoms with Crippen molar-refractivity contribution in [2.45, 2.75) is 19.8 Å². The van der Waals surface area contributed by atoms with Crippen LogP contribution in [0.3, 0.4) is 0 Å². The minimum atomic E-state index is -0.193. The van der Waals surface area contributed by atoms with Crippen LogP contribution in [0.1, 0.15) is 17.8 Å². The van der Waals surface area contributed by atoms with Crippen molar-refractivity contribution in [1.29, 1.82) is 0 Å². The van der Waals surface area contributed by atoms with Crippen molar-refractivity contribution in [1.82, 2.24) is 9.97 Å². The first-order valence-electron chi connectivity index (χ1n) is 7.57. The summed E-state index contributed by atoms with van der Waals surface area (Å²) in [6, 6.07) is 12.5. The number of hydrogen-bond donors (Lipinski definition) is 2. The van der Waals surface area contributed by atoms with E-state index in [1.54, 1.807) is 30.3 Å². The third-order valence-corrected chi connectivity index (χ3v) is 3.96. The highest BCUT2D eigenvalue weighted by Gasteiger charge is 2.08. The summed E-state index contributed by atoms with van der Waals surface area (Å²) in [5.74, 6) is 0.341. The third-order valence-electron chi connectivity index (χ3n) is 3.72. The maximum absolute atomic E-state index is 12.1. The van der Waals surface area contributed by atoms with Crippen molar-refractivity contribution in [3.63, 3.8) is 0 Å². The molecule has 0 fully saturated rings. The SMILES string of the molecule is Cc1ccc(Cl)cc1NC(=O)CCc1nc2ccccc2c(=O)[nH]1. The number of amides is 1. The fourth-order valence-corrected chi connectivity index (χ4v) is 2.60. The van der Waals surface area contributed by atoms with Crippen molar-refractivity contribution in [3.05, 3.63) is 69.2 Å². The zero-order chi connectivity index (χ0) is 17.1. The molecule has 1 heterocycles. The maximum Gasteiger partial charge on any atom is 0.258 e. The summed E-state index contributed by atoms with van der Waals surface area (Å²) in [5.41, 5.74) is 2.06. The quantitative estimate of drug-likeness (QED) is 0.763. The second-order valence-corrected chi connectivity index (χ2v) is 5.97. The Morgan fingerprint density at radius 3 is 2.88 bits per heavy atom. The standard InChI is InChI=1S/C18H16ClN3O2/c1-11-6-7-12(19)10-15(11)21-17(23)9-8-16-20-14-5-3-2-4-13(14)18(24)22-16/h2-7,10H,8-9H2,1H3,(H,21,23)(H,20,22,24). The van der Waals surface area contributed by atoms with Crippen molar-refractivity contribution in [3.8, 4) is 0 Å². The Morgan fingerprint density at radius 1 is 1.25 bits per heavy atom. The first kappa shape index (κ1) is 16.2. The Bertz CT molecular complexity index is 966. The first-order valence-corrected chi connectivity index (χ1v) is 7.94. The fraction of sp³-hybridized carbons (Fsp3) is 0.167. The smallest absolute Gasteiger partial charge is 0.258 e. The van der Waals surface area contributed by atoms with E-state index in [2.05, 4.69) is 15.3 Å². The van der Waals surface area contributed by atoms with Crippen LogP contribution in [0.5, 0.6) is 0 Å². The van der Waals surface area contributed by atoms with Gasteiger partial charge in [0.2, 0.25) is 5.91 Å². The van der Waals surface area contributed by atoms with Gasteiger partial charge in [-0.15, -0.1) is 0 Å². The van der Waals surface area contributed by atoms with Crippen LogP contribution in [-0.2, 0) is 11.2 Å². The molecule has 24 heavy (non-hydrogen) atoms. The summed E-state index contributed by atoms with van der Waals surface area (Å²) in [7, 11) is 0. The Balaban J connectivity index is 1.70. The number of H-pyrrole nitrogens is 1. The number of nitrogens with zero attached hydrogens (tertiary/aromatic N) is 1. The zero-order valence-electron chi connectivity index (χ0n) is 13.1.